The fourth-order valence-corrected chi connectivity index (χ4v) is 2.75. The number of amides is 1. The number of halogens is 2. The summed E-state index contributed by atoms with van der Waals surface area (Å²) in [5.41, 5.74) is 6.40. The molecule has 1 aromatic carbocycles. The Balaban J connectivity index is 0.00000264. The SMILES string of the molecule is CC1(C)CN(C(=O)CCC(=O)c2ccc(F)cc2)CCC1N.Cl. The quantitative estimate of drug-likeness (QED) is 0.856. The van der Waals surface area contributed by atoms with Crippen LogP contribution in [0.2, 0.25) is 0 Å². The second-order valence-electron chi connectivity index (χ2n) is 6.63. The molecule has 0 spiro atoms. The number of carbonyl (C=O) groups is 2. The van der Waals surface area contributed by atoms with E-state index in [0.29, 0.717) is 18.7 Å². The van der Waals surface area contributed by atoms with Gasteiger partial charge in [-0.25, -0.2) is 4.39 Å². The lowest BCUT2D eigenvalue weighted by Crippen LogP contribution is -2.54. The van der Waals surface area contributed by atoms with Gasteiger partial charge in [-0.2, -0.15) is 0 Å². The Morgan fingerprint density at radius 1 is 1.26 bits per heavy atom. The van der Waals surface area contributed by atoms with E-state index < -0.39 is 0 Å². The van der Waals surface area contributed by atoms with Crippen LogP contribution in [0.5, 0.6) is 0 Å². The molecule has 2 N–H and O–H groups in total. The summed E-state index contributed by atoms with van der Waals surface area (Å²) in [5.74, 6) is -0.531. The van der Waals surface area contributed by atoms with Gasteiger partial charge in [0.05, 0.1) is 0 Å². The molecule has 0 aliphatic carbocycles. The molecule has 0 aromatic heterocycles. The van der Waals surface area contributed by atoms with Crippen molar-refractivity contribution >= 4 is 24.1 Å². The third-order valence-electron chi connectivity index (χ3n) is 4.40. The minimum atomic E-state index is -0.375. The maximum atomic E-state index is 12.8. The Morgan fingerprint density at radius 3 is 2.43 bits per heavy atom. The number of hydrogen-bond acceptors (Lipinski definition) is 3. The van der Waals surface area contributed by atoms with Crippen LogP contribution in [0, 0.1) is 11.2 Å². The van der Waals surface area contributed by atoms with Crippen molar-refractivity contribution in [2.24, 2.45) is 11.1 Å². The minimum Gasteiger partial charge on any atom is -0.342 e. The summed E-state index contributed by atoms with van der Waals surface area (Å²) in [5, 5.41) is 0. The molecular formula is C17H24ClFN2O2. The summed E-state index contributed by atoms with van der Waals surface area (Å²) in [4.78, 5) is 26.1. The van der Waals surface area contributed by atoms with E-state index in [1.165, 1.54) is 24.3 Å². The van der Waals surface area contributed by atoms with Crippen LogP contribution >= 0.6 is 12.4 Å². The first-order valence-electron chi connectivity index (χ1n) is 7.62. The summed E-state index contributed by atoms with van der Waals surface area (Å²) in [7, 11) is 0. The maximum absolute atomic E-state index is 12.8. The second-order valence-corrected chi connectivity index (χ2v) is 6.63. The zero-order valence-corrected chi connectivity index (χ0v) is 14.4. The van der Waals surface area contributed by atoms with E-state index in [1.807, 2.05) is 0 Å². The summed E-state index contributed by atoms with van der Waals surface area (Å²) in [6.07, 6.45) is 1.11. The highest BCUT2D eigenvalue weighted by molar-refractivity contribution is 5.97. The summed E-state index contributed by atoms with van der Waals surface area (Å²) < 4.78 is 12.8. The van der Waals surface area contributed by atoms with Gasteiger partial charge in [-0.15, -0.1) is 12.4 Å². The monoisotopic (exact) mass is 342 g/mol. The highest BCUT2D eigenvalue weighted by Crippen LogP contribution is 2.28. The number of benzene rings is 1. The predicted octanol–water partition coefficient (Wildman–Crippen LogP) is 2.80. The third-order valence-corrected chi connectivity index (χ3v) is 4.40. The average molecular weight is 343 g/mol. The van der Waals surface area contributed by atoms with Gasteiger partial charge in [0, 0.05) is 37.5 Å². The lowest BCUT2D eigenvalue weighted by molar-refractivity contribution is -0.134. The molecule has 1 heterocycles. The molecule has 6 heteroatoms. The third kappa shape index (κ3) is 5.01. The molecule has 1 unspecified atom stereocenters. The first-order chi connectivity index (χ1) is 10.3. The number of nitrogens with zero attached hydrogens (tertiary/aromatic N) is 1. The number of hydrogen-bond donors (Lipinski definition) is 1. The van der Waals surface area contributed by atoms with Crippen molar-refractivity contribution in [3.8, 4) is 0 Å². The molecule has 0 bridgehead atoms. The lowest BCUT2D eigenvalue weighted by atomic mass is 9.79. The first-order valence-corrected chi connectivity index (χ1v) is 7.62. The lowest BCUT2D eigenvalue weighted by Gasteiger charge is -2.42. The highest BCUT2D eigenvalue weighted by atomic mass is 35.5. The molecule has 0 radical (unpaired) electrons. The van der Waals surface area contributed by atoms with Gasteiger partial charge in [-0.3, -0.25) is 9.59 Å². The Kier molecular flexibility index (Phi) is 6.71. The molecule has 1 aliphatic heterocycles. The summed E-state index contributed by atoms with van der Waals surface area (Å²) in [6, 6.07) is 5.50. The first kappa shape index (κ1) is 19.6. The minimum absolute atomic E-state index is 0. The van der Waals surface area contributed by atoms with Crippen LogP contribution in [-0.4, -0.2) is 35.7 Å². The van der Waals surface area contributed by atoms with Gasteiger partial charge < -0.3 is 10.6 Å². The Hall–Kier alpha value is -1.46. The molecule has 1 fully saturated rings. The number of piperidine rings is 1. The molecule has 128 valence electrons. The van der Waals surface area contributed by atoms with E-state index >= 15 is 0 Å². The van der Waals surface area contributed by atoms with Gasteiger partial charge in [0.2, 0.25) is 5.91 Å². The number of carbonyl (C=O) groups excluding carboxylic acids is 2. The normalized spacial score (nSPS) is 19.8. The van der Waals surface area contributed by atoms with Gasteiger partial charge in [-0.05, 0) is 36.1 Å². The van der Waals surface area contributed by atoms with Crippen molar-refractivity contribution in [2.45, 2.75) is 39.2 Å². The largest absolute Gasteiger partial charge is 0.342 e. The van der Waals surface area contributed by atoms with Crippen molar-refractivity contribution in [1.82, 2.24) is 4.90 Å². The van der Waals surface area contributed by atoms with Crippen LogP contribution < -0.4 is 5.73 Å². The number of Topliss-reactive ketones (excluding diaryl/α,β-unsaturated/α-hetero) is 1. The number of ketones is 1. The number of rotatable bonds is 4. The van der Waals surface area contributed by atoms with E-state index in [0.717, 1.165) is 6.42 Å². The van der Waals surface area contributed by atoms with Gasteiger partial charge in [0.25, 0.3) is 0 Å². The molecule has 1 amide bonds. The fourth-order valence-electron chi connectivity index (χ4n) is 2.75. The molecule has 23 heavy (non-hydrogen) atoms. The Bertz CT molecular complexity index is 560. The molecule has 4 nitrogen and oxygen atoms in total. The van der Waals surface area contributed by atoms with Crippen molar-refractivity contribution < 1.29 is 14.0 Å². The van der Waals surface area contributed by atoms with Crippen LogP contribution in [0.1, 0.15) is 43.5 Å². The Morgan fingerprint density at radius 2 is 1.87 bits per heavy atom. The fraction of sp³-hybridized carbons (Fsp3) is 0.529. The zero-order valence-electron chi connectivity index (χ0n) is 13.5. The van der Waals surface area contributed by atoms with Gasteiger partial charge in [0.1, 0.15) is 5.82 Å². The van der Waals surface area contributed by atoms with Crippen molar-refractivity contribution in [1.29, 1.82) is 0 Å². The van der Waals surface area contributed by atoms with Gasteiger partial charge in [-0.1, -0.05) is 13.8 Å². The zero-order chi connectivity index (χ0) is 16.3. The van der Waals surface area contributed by atoms with Crippen LogP contribution in [0.15, 0.2) is 24.3 Å². The molecule has 2 rings (SSSR count). The molecule has 1 saturated heterocycles. The van der Waals surface area contributed by atoms with Crippen molar-refractivity contribution in [3.63, 3.8) is 0 Å². The average Bonchev–Trinajstić information content (AvgIpc) is 2.48. The smallest absolute Gasteiger partial charge is 0.223 e. The van der Waals surface area contributed by atoms with Crippen LogP contribution in [-0.2, 0) is 4.79 Å². The van der Waals surface area contributed by atoms with Crippen LogP contribution in [0.4, 0.5) is 4.39 Å². The summed E-state index contributed by atoms with van der Waals surface area (Å²) in [6.45, 7) is 5.38. The van der Waals surface area contributed by atoms with Gasteiger partial charge >= 0.3 is 0 Å². The number of likely N-dealkylation sites (tertiary alicyclic amines) is 1. The van der Waals surface area contributed by atoms with E-state index in [2.05, 4.69) is 13.8 Å². The van der Waals surface area contributed by atoms with E-state index in [4.69, 9.17) is 5.73 Å². The second kappa shape index (κ2) is 7.88. The molecule has 1 atom stereocenters. The van der Waals surface area contributed by atoms with E-state index in [-0.39, 0.29) is 54.2 Å². The van der Waals surface area contributed by atoms with Crippen LogP contribution in [0.3, 0.4) is 0 Å². The summed E-state index contributed by atoms with van der Waals surface area (Å²) >= 11 is 0. The maximum Gasteiger partial charge on any atom is 0.223 e. The van der Waals surface area contributed by atoms with Crippen molar-refractivity contribution in [3.05, 3.63) is 35.6 Å². The Labute approximate surface area is 142 Å². The highest BCUT2D eigenvalue weighted by Gasteiger charge is 2.35. The molecule has 1 aliphatic rings. The molecular weight excluding hydrogens is 319 g/mol. The van der Waals surface area contributed by atoms with E-state index in [9.17, 15) is 14.0 Å². The van der Waals surface area contributed by atoms with E-state index in [1.54, 1.807) is 4.90 Å². The molecule has 0 saturated carbocycles. The van der Waals surface area contributed by atoms with Gasteiger partial charge in [0.15, 0.2) is 5.78 Å². The topological polar surface area (TPSA) is 63.4 Å². The standard InChI is InChI=1S/C17H23FN2O2.ClH/c1-17(2)11-20(10-9-15(17)19)16(22)8-7-14(21)12-3-5-13(18)6-4-12;/h3-6,15H,7-11,19H2,1-2H3;1H. The number of nitrogens with two attached hydrogens (primary N) is 1. The van der Waals surface area contributed by atoms with Crippen molar-refractivity contribution in [2.75, 3.05) is 13.1 Å². The van der Waals surface area contributed by atoms with Crippen LogP contribution in [0.25, 0.3) is 0 Å². The predicted molar refractivity (Wildman–Crippen MR) is 90.2 cm³/mol. The molecule has 1 aromatic rings.